The van der Waals surface area contributed by atoms with Crippen LogP contribution >= 0.6 is 69.6 Å². The number of hydrogen-bond donors (Lipinski definition) is 2. The smallest absolute Gasteiger partial charge is 0.303 e. The van der Waals surface area contributed by atoms with Gasteiger partial charge in [-0.15, -0.1) is 0 Å². The van der Waals surface area contributed by atoms with Crippen LogP contribution in [0.5, 0.6) is 0 Å². The zero-order valence-electron chi connectivity index (χ0n) is 30.7. The van der Waals surface area contributed by atoms with Gasteiger partial charge in [0.05, 0.1) is 19.3 Å². The van der Waals surface area contributed by atoms with Crippen LogP contribution in [0.2, 0.25) is 0 Å². The van der Waals surface area contributed by atoms with Crippen molar-refractivity contribution >= 4 is 99.3 Å². The molecule has 0 aliphatic carbocycles. The van der Waals surface area contributed by atoms with Gasteiger partial charge in [0, 0.05) is 20.8 Å². The van der Waals surface area contributed by atoms with Crippen molar-refractivity contribution in [1.82, 2.24) is 5.32 Å². The van der Waals surface area contributed by atoms with Crippen LogP contribution < -0.4 is 5.32 Å². The van der Waals surface area contributed by atoms with Crippen LogP contribution in [0.15, 0.2) is 60.7 Å². The predicted molar refractivity (Wildman–Crippen MR) is 207 cm³/mol. The Labute approximate surface area is 358 Å². The number of halogens is 6. The van der Waals surface area contributed by atoms with E-state index in [0.29, 0.717) is 0 Å². The molecular weight excluding hydrogens is 881 g/mol. The van der Waals surface area contributed by atoms with E-state index in [4.69, 9.17) is 118 Å². The standard InChI is InChI=1S/C36H40Cl6N2O13/c1-18-26(50-15-22-11-7-5-8-12-22)29(51-16-23-13-9-6-10-14-23)30(32(52-18)57-33(43)35(37,38)39)56-31-25(44-34(48)36(40,41)42)28(54-21(4)47)27(53-20(3)46)24(55-31)17-49-19(2)45/h5-14,18,24-32,43H,15-17H2,1-4H3,(H,44,48)/t18-,24+,25+,26-,27+,28+,29+,30+,31-,32-/m0/s1. The molecule has 0 saturated carbocycles. The number of amides is 1. The molecule has 0 unspecified atom stereocenters. The SMILES string of the molecule is CC(=O)OC[C@H]1O[C@@H](O[C@H]2[C@H](OC(=N)C(Cl)(Cl)Cl)O[C@@H](C)[C@H](OCc3ccccc3)[C@H]2OCc2ccccc2)[C@H](NC(=O)C(Cl)(Cl)Cl)[C@@H](OC(C)=O)[C@@H]1OC(C)=O. The third-order valence-electron chi connectivity index (χ3n) is 8.34. The Morgan fingerprint density at radius 3 is 1.68 bits per heavy atom. The minimum absolute atomic E-state index is 0.0173. The fraction of sp³-hybridized carbons (Fsp3) is 0.528. The zero-order valence-corrected chi connectivity index (χ0v) is 35.3. The van der Waals surface area contributed by atoms with E-state index < -0.39 is 105 Å². The number of rotatable bonds is 14. The topological polar surface area (TPSA) is 187 Å². The van der Waals surface area contributed by atoms with Crippen LogP contribution in [-0.4, -0.2) is 105 Å². The molecule has 2 fully saturated rings. The molecule has 0 bridgehead atoms. The maximum absolute atomic E-state index is 13.3. The van der Waals surface area contributed by atoms with Crippen molar-refractivity contribution < 1.29 is 61.8 Å². The fourth-order valence-corrected chi connectivity index (χ4v) is 6.21. The van der Waals surface area contributed by atoms with E-state index in [1.807, 2.05) is 60.7 Å². The molecule has 2 heterocycles. The molecule has 2 aliphatic heterocycles. The third kappa shape index (κ3) is 14.0. The molecule has 2 aliphatic rings. The van der Waals surface area contributed by atoms with Crippen LogP contribution in [0.1, 0.15) is 38.8 Å². The number of carbonyl (C=O) groups excluding carboxylic acids is 4. The highest BCUT2D eigenvalue weighted by atomic mass is 35.6. The molecule has 1 amide bonds. The van der Waals surface area contributed by atoms with Crippen molar-refractivity contribution in [2.24, 2.45) is 0 Å². The Hall–Kier alpha value is -2.67. The Kier molecular flexibility index (Phi) is 17.3. The van der Waals surface area contributed by atoms with Gasteiger partial charge in [0.25, 0.3) is 13.5 Å². The number of hydrogen-bond acceptors (Lipinski definition) is 14. The number of ether oxygens (including phenoxy) is 9. The van der Waals surface area contributed by atoms with E-state index in [2.05, 4.69) is 5.32 Å². The molecule has 2 N–H and O–H groups in total. The number of benzene rings is 2. The highest BCUT2D eigenvalue weighted by molar-refractivity contribution is 6.76. The predicted octanol–water partition coefficient (Wildman–Crippen LogP) is 5.66. The summed E-state index contributed by atoms with van der Waals surface area (Å²) < 4.78 is 49.2. The first kappa shape index (κ1) is 47.0. The Bertz CT molecular complexity index is 1680. The lowest BCUT2D eigenvalue weighted by atomic mass is 9.95. The Balaban J connectivity index is 1.86. The average Bonchev–Trinajstić information content (AvgIpc) is 3.12. The maximum atomic E-state index is 13.3. The molecule has 15 nitrogen and oxygen atoms in total. The van der Waals surface area contributed by atoms with Crippen LogP contribution in [0.25, 0.3) is 0 Å². The number of carbonyl (C=O) groups is 4. The quantitative estimate of drug-likeness (QED) is 0.0779. The lowest BCUT2D eigenvalue weighted by Gasteiger charge is -2.49. The lowest BCUT2D eigenvalue weighted by molar-refractivity contribution is -0.351. The maximum Gasteiger partial charge on any atom is 0.303 e. The monoisotopic (exact) mass is 918 g/mol. The third-order valence-corrected chi connectivity index (χ3v) is 9.37. The number of alkyl halides is 6. The highest BCUT2D eigenvalue weighted by Crippen LogP contribution is 2.37. The molecule has 10 atom stereocenters. The van der Waals surface area contributed by atoms with Crippen molar-refractivity contribution in [2.75, 3.05) is 6.61 Å². The fourth-order valence-electron chi connectivity index (χ4n) is 5.91. The second kappa shape index (κ2) is 21.0. The first-order valence-corrected chi connectivity index (χ1v) is 19.5. The van der Waals surface area contributed by atoms with E-state index >= 15 is 0 Å². The number of nitrogens with one attached hydrogen (secondary N) is 2. The molecule has 0 radical (unpaired) electrons. The van der Waals surface area contributed by atoms with Gasteiger partial charge in [-0.25, -0.2) is 0 Å². The normalized spacial score (nSPS) is 27.8. The average molecular weight is 921 g/mol. The highest BCUT2D eigenvalue weighted by Gasteiger charge is 2.56. The molecule has 21 heteroatoms. The van der Waals surface area contributed by atoms with Crippen molar-refractivity contribution in [1.29, 1.82) is 5.41 Å². The van der Waals surface area contributed by atoms with Crippen LogP contribution in [0, 0.1) is 5.41 Å². The summed E-state index contributed by atoms with van der Waals surface area (Å²) in [4.78, 5) is 50.2. The summed E-state index contributed by atoms with van der Waals surface area (Å²) in [5, 5.41) is 10.9. The van der Waals surface area contributed by atoms with Gasteiger partial charge in [-0.1, -0.05) is 130 Å². The van der Waals surface area contributed by atoms with Crippen molar-refractivity contribution in [3.8, 4) is 0 Å². The van der Waals surface area contributed by atoms with Gasteiger partial charge in [0.2, 0.25) is 12.2 Å². The summed E-state index contributed by atoms with van der Waals surface area (Å²) in [5.41, 5.74) is 1.55. The summed E-state index contributed by atoms with van der Waals surface area (Å²) in [7, 11) is 0. The van der Waals surface area contributed by atoms with Gasteiger partial charge >= 0.3 is 17.9 Å². The van der Waals surface area contributed by atoms with E-state index in [1.165, 1.54) is 0 Å². The summed E-state index contributed by atoms with van der Waals surface area (Å²) in [6, 6.07) is 16.6. The van der Waals surface area contributed by atoms with Gasteiger partial charge < -0.3 is 47.9 Å². The van der Waals surface area contributed by atoms with Crippen molar-refractivity contribution in [3.05, 3.63) is 71.8 Å². The molecule has 57 heavy (non-hydrogen) atoms. The van der Waals surface area contributed by atoms with E-state index in [9.17, 15) is 19.2 Å². The van der Waals surface area contributed by atoms with Crippen LogP contribution in [-0.2, 0) is 75.0 Å². The van der Waals surface area contributed by atoms with Gasteiger partial charge in [-0.05, 0) is 18.1 Å². The molecule has 0 aromatic heterocycles. The van der Waals surface area contributed by atoms with Crippen molar-refractivity contribution in [3.63, 3.8) is 0 Å². The molecular formula is C36H40Cl6N2O13. The minimum atomic E-state index is -2.58. The summed E-state index contributed by atoms with van der Waals surface area (Å²) in [6.45, 7) is 4.40. The summed E-state index contributed by atoms with van der Waals surface area (Å²) in [6.07, 6.45) is -12.5. The number of esters is 3. The van der Waals surface area contributed by atoms with Crippen LogP contribution in [0.3, 0.4) is 0 Å². The first-order valence-electron chi connectivity index (χ1n) is 17.2. The summed E-state index contributed by atoms with van der Waals surface area (Å²) >= 11 is 35.9. The van der Waals surface area contributed by atoms with E-state index in [0.717, 1.165) is 31.9 Å². The Morgan fingerprint density at radius 2 is 1.19 bits per heavy atom. The van der Waals surface area contributed by atoms with Crippen molar-refractivity contribution in [2.45, 2.75) is 110 Å². The van der Waals surface area contributed by atoms with Crippen LogP contribution in [0.4, 0.5) is 0 Å². The Morgan fingerprint density at radius 1 is 0.667 bits per heavy atom. The second-order valence-electron chi connectivity index (χ2n) is 12.8. The zero-order chi connectivity index (χ0) is 42.1. The van der Waals surface area contributed by atoms with Gasteiger partial charge in [-0.3, -0.25) is 24.6 Å². The van der Waals surface area contributed by atoms with E-state index in [-0.39, 0.29) is 13.2 Å². The summed E-state index contributed by atoms with van der Waals surface area (Å²) in [5.74, 6) is -4.60. The molecule has 4 rings (SSSR count). The second-order valence-corrected chi connectivity index (χ2v) is 17.3. The van der Waals surface area contributed by atoms with Gasteiger partial charge in [0.1, 0.15) is 31.0 Å². The lowest BCUT2D eigenvalue weighted by Crippen LogP contribution is -2.69. The molecule has 314 valence electrons. The first-order chi connectivity index (χ1) is 26.7. The largest absolute Gasteiger partial charge is 0.463 e. The molecule has 2 aromatic carbocycles. The molecule has 0 spiro atoms. The molecule has 2 saturated heterocycles. The van der Waals surface area contributed by atoms with E-state index in [1.54, 1.807) is 6.92 Å². The minimum Gasteiger partial charge on any atom is -0.463 e. The van der Waals surface area contributed by atoms with Gasteiger partial charge in [0.15, 0.2) is 24.6 Å². The van der Waals surface area contributed by atoms with Gasteiger partial charge in [-0.2, -0.15) is 0 Å². The molecule has 2 aromatic rings.